The van der Waals surface area contributed by atoms with E-state index in [1.54, 1.807) is 0 Å². The molecule has 0 fully saturated rings. The first-order valence-electron chi connectivity index (χ1n) is 23.2. The zero-order chi connectivity index (χ0) is 44.7. The Kier molecular flexibility index (Phi) is 8.55. The van der Waals surface area contributed by atoms with Crippen LogP contribution in [0.3, 0.4) is 0 Å². The van der Waals surface area contributed by atoms with Crippen LogP contribution < -0.4 is 19.3 Å². The van der Waals surface area contributed by atoms with Crippen LogP contribution in [0.1, 0.15) is 0 Å². The van der Waals surface area contributed by atoms with E-state index >= 15 is 0 Å². The number of hydrogen-bond donors (Lipinski definition) is 0. The normalized spacial score (nSPS) is 12.6. The largest absolute Gasteiger partial charge is 0.453 e. The first-order valence-corrected chi connectivity index (χ1v) is 23.2. The lowest BCUT2D eigenvalue weighted by Gasteiger charge is -2.33. The van der Waals surface area contributed by atoms with E-state index in [0.717, 1.165) is 73.3 Å². The molecule has 12 aromatic rings. The van der Waals surface area contributed by atoms with E-state index < -0.39 is 0 Å². The Bertz CT molecular complexity index is 3910. The Labute approximate surface area is 393 Å². The molecule has 318 valence electrons. The summed E-state index contributed by atoms with van der Waals surface area (Å²) in [5.74, 6) is 3.29. The lowest BCUT2D eigenvalue weighted by Crippen LogP contribution is -2.16. The zero-order valence-corrected chi connectivity index (χ0v) is 36.8. The molecule has 12 aromatic carbocycles. The van der Waals surface area contributed by atoms with Crippen molar-refractivity contribution in [2.45, 2.75) is 0 Å². The van der Waals surface area contributed by atoms with Gasteiger partial charge in [0.1, 0.15) is 0 Å². The summed E-state index contributed by atoms with van der Waals surface area (Å²) in [7, 11) is 0. The van der Waals surface area contributed by atoms with Gasteiger partial charge in [0.05, 0.1) is 22.7 Å². The number of nitrogens with zero attached hydrogens (tertiary/aromatic N) is 2. The van der Waals surface area contributed by atoms with Gasteiger partial charge in [-0.15, -0.1) is 0 Å². The number of hydrogen-bond acceptors (Lipinski definition) is 4. The van der Waals surface area contributed by atoms with Crippen molar-refractivity contribution in [3.63, 3.8) is 0 Å². The summed E-state index contributed by atoms with van der Waals surface area (Å²) in [5, 5.41) is 9.46. The first-order chi connectivity index (χ1) is 33.7. The highest BCUT2D eigenvalue weighted by Gasteiger charge is 2.29. The minimum absolute atomic E-state index is 0.822. The van der Waals surface area contributed by atoms with E-state index in [1.165, 1.54) is 60.3 Å². The third-order valence-electron chi connectivity index (χ3n) is 13.8. The highest BCUT2D eigenvalue weighted by Crippen LogP contribution is 2.55. The minimum atomic E-state index is 0.822. The van der Waals surface area contributed by atoms with E-state index in [-0.39, 0.29) is 0 Å². The fourth-order valence-corrected chi connectivity index (χ4v) is 10.9. The van der Waals surface area contributed by atoms with Crippen LogP contribution in [0.2, 0.25) is 0 Å². The Hall–Kier alpha value is -9.12. The topological polar surface area (TPSA) is 24.9 Å². The first kappa shape index (κ1) is 38.2. The molecular weight excluding hydrogens is 829 g/mol. The molecule has 4 nitrogen and oxygen atoms in total. The van der Waals surface area contributed by atoms with Crippen molar-refractivity contribution < 1.29 is 9.47 Å². The van der Waals surface area contributed by atoms with Crippen molar-refractivity contribution in [2.24, 2.45) is 0 Å². The summed E-state index contributed by atoms with van der Waals surface area (Å²) in [6.45, 7) is 0. The van der Waals surface area contributed by atoms with Gasteiger partial charge in [0, 0.05) is 11.4 Å². The number of rotatable bonds is 5. The van der Waals surface area contributed by atoms with Crippen LogP contribution in [0, 0.1) is 0 Å². The summed E-state index contributed by atoms with van der Waals surface area (Å²) < 4.78 is 13.1. The smallest absolute Gasteiger partial charge is 0.151 e. The standard InChI is InChI=1S/C64H40N2O2/c1-2-17-41(18-3-1)46-37-38-50(48-23-7-6-22-47(46)48)64-52-36-34-43(65-55-25-8-12-29-59(55)67-60-30-13-9-26-56(60)65)39-53(52)63(49-24-16-20-42-19-4-5-21-45(42)49)51-35-33-44(40-54(51)64)66-57-27-10-14-31-61(57)68-62-32-15-11-28-58(62)66/h1-40H. The molecular formula is C64H40N2O2. The van der Waals surface area contributed by atoms with Gasteiger partial charge in [-0.1, -0.05) is 170 Å². The van der Waals surface area contributed by atoms with Gasteiger partial charge in [-0.3, -0.25) is 0 Å². The van der Waals surface area contributed by atoms with Crippen LogP contribution in [-0.2, 0) is 0 Å². The van der Waals surface area contributed by atoms with Crippen LogP contribution in [0.5, 0.6) is 23.0 Å². The molecule has 2 aliphatic rings. The molecule has 0 saturated carbocycles. The maximum absolute atomic E-state index is 6.53. The van der Waals surface area contributed by atoms with Gasteiger partial charge >= 0.3 is 0 Å². The highest BCUT2D eigenvalue weighted by atomic mass is 16.5. The highest BCUT2D eigenvalue weighted by molar-refractivity contribution is 6.27. The average molecular weight is 869 g/mol. The molecule has 14 rings (SSSR count). The predicted octanol–water partition coefficient (Wildman–Crippen LogP) is 18.5. The van der Waals surface area contributed by atoms with E-state index in [9.17, 15) is 0 Å². The number of benzene rings is 12. The van der Waals surface area contributed by atoms with Crippen LogP contribution in [0.15, 0.2) is 243 Å². The van der Waals surface area contributed by atoms with E-state index in [1.807, 2.05) is 24.3 Å². The molecule has 2 aliphatic heterocycles. The van der Waals surface area contributed by atoms with Crippen molar-refractivity contribution in [2.75, 3.05) is 9.80 Å². The van der Waals surface area contributed by atoms with Crippen LogP contribution in [0.25, 0.3) is 76.5 Å². The molecule has 0 atom stereocenters. The summed E-state index contributed by atoms with van der Waals surface area (Å²) in [6.07, 6.45) is 0. The molecule has 2 heterocycles. The summed E-state index contributed by atoms with van der Waals surface area (Å²) >= 11 is 0. The average Bonchev–Trinajstić information content (AvgIpc) is 3.40. The third-order valence-corrected chi connectivity index (χ3v) is 13.8. The Balaban J connectivity index is 1.13. The molecule has 0 aromatic heterocycles. The van der Waals surface area contributed by atoms with Crippen LogP contribution in [-0.4, -0.2) is 0 Å². The van der Waals surface area contributed by atoms with Crippen molar-refractivity contribution in [1.29, 1.82) is 0 Å². The van der Waals surface area contributed by atoms with E-state index in [2.05, 4.69) is 228 Å². The molecule has 0 saturated heterocycles. The third kappa shape index (κ3) is 5.87. The SMILES string of the molecule is c1ccc(-c2ccc(-c3c4ccc(N5c6ccccc6Oc6ccccc65)cc4c(-c4cccc5ccccc45)c4ccc(N5c6ccccc6Oc6ccccc65)cc34)c3ccccc23)cc1. The van der Waals surface area contributed by atoms with Gasteiger partial charge in [-0.2, -0.15) is 0 Å². The van der Waals surface area contributed by atoms with E-state index in [4.69, 9.17) is 9.47 Å². The molecule has 4 heteroatoms. The van der Waals surface area contributed by atoms with Crippen LogP contribution in [0.4, 0.5) is 34.1 Å². The summed E-state index contributed by atoms with van der Waals surface area (Å²) in [5.41, 5.74) is 13.2. The monoisotopic (exact) mass is 868 g/mol. The van der Waals surface area contributed by atoms with Gasteiger partial charge in [0.2, 0.25) is 0 Å². The number of ether oxygens (including phenoxy) is 2. The predicted molar refractivity (Wildman–Crippen MR) is 282 cm³/mol. The fraction of sp³-hybridized carbons (Fsp3) is 0. The molecule has 0 spiro atoms. The second kappa shape index (κ2) is 15.2. The lowest BCUT2D eigenvalue weighted by molar-refractivity contribution is 0.477. The number of fused-ring (bicyclic) bond motifs is 8. The maximum atomic E-state index is 6.53. The molecule has 68 heavy (non-hydrogen) atoms. The maximum Gasteiger partial charge on any atom is 0.151 e. The van der Waals surface area contributed by atoms with E-state index in [0.29, 0.717) is 0 Å². The molecule has 0 N–H and O–H groups in total. The number of anilines is 6. The molecule has 0 radical (unpaired) electrons. The van der Waals surface area contributed by atoms with Crippen molar-refractivity contribution in [1.82, 2.24) is 0 Å². The van der Waals surface area contributed by atoms with Crippen molar-refractivity contribution in [3.05, 3.63) is 243 Å². The lowest BCUT2D eigenvalue weighted by atomic mass is 9.82. The van der Waals surface area contributed by atoms with Crippen molar-refractivity contribution >= 4 is 77.2 Å². The Morgan fingerprint density at radius 2 is 0.647 bits per heavy atom. The Morgan fingerprint density at radius 1 is 0.250 bits per heavy atom. The second-order valence-corrected chi connectivity index (χ2v) is 17.6. The minimum Gasteiger partial charge on any atom is -0.453 e. The van der Waals surface area contributed by atoms with Gasteiger partial charge in [-0.25, -0.2) is 0 Å². The molecule has 0 unspecified atom stereocenters. The quantitative estimate of drug-likeness (QED) is 0.161. The van der Waals surface area contributed by atoms with Gasteiger partial charge in [-0.05, 0) is 149 Å². The van der Waals surface area contributed by atoms with Crippen LogP contribution >= 0.6 is 0 Å². The molecule has 0 aliphatic carbocycles. The zero-order valence-electron chi connectivity index (χ0n) is 36.8. The number of para-hydroxylation sites is 8. The van der Waals surface area contributed by atoms with Gasteiger partial charge < -0.3 is 19.3 Å². The second-order valence-electron chi connectivity index (χ2n) is 17.6. The van der Waals surface area contributed by atoms with Gasteiger partial charge in [0.15, 0.2) is 23.0 Å². The summed E-state index contributed by atoms with van der Waals surface area (Å²) in [6, 6.07) is 87.3. The van der Waals surface area contributed by atoms with Gasteiger partial charge in [0.25, 0.3) is 0 Å². The molecule has 0 amide bonds. The summed E-state index contributed by atoms with van der Waals surface area (Å²) in [4.78, 5) is 4.71. The Morgan fingerprint density at radius 3 is 1.18 bits per heavy atom. The fourth-order valence-electron chi connectivity index (χ4n) is 10.9. The molecule has 0 bridgehead atoms. The van der Waals surface area contributed by atoms with Crippen molar-refractivity contribution in [3.8, 4) is 56.4 Å².